The largest absolute Gasteiger partial charge is 0.482 e. The molecule has 0 spiro atoms. The van der Waals surface area contributed by atoms with Crippen molar-refractivity contribution < 1.29 is 4.74 Å². The van der Waals surface area contributed by atoms with Crippen LogP contribution in [0.4, 0.5) is 0 Å². The summed E-state index contributed by atoms with van der Waals surface area (Å²) in [4.78, 5) is 0. The molecule has 0 aromatic heterocycles. The molecule has 11 heavy (non-hydrogen) atoms. The lowest BCUT2D eigenvalue weighted by Gasteiger charge is -2.02. The van der Waals surface area contributed by atoms with Crippen molar-refractivity contribution >= 4 is 31.9 Å². The van der Waals surface area contributed by atoms with Gasteiger partial charge in [-0.25, -0.2) is 0 Å². The first-order chi connectivity index (χ1) is 5.36. The molecule has 0 saturated heterocycles. The van der Waals surface area contributed by atoms with Crippen LogP contribution in [0, 0.1) is 0 Å². The van der Waals surface area contributed by atoms with E-state index in [0.717, 1.165) is 11.1 Å². The van der Waals surface area contributed by atoms with Crippen LogP contribution in [0.15, 0.2) is 24.3 Å². The third-order valence-corrected chi connectivity index (χ3v) is 2.15. The molecule has 0 bridgehead atoms. The minimum atomic E-state index is 0.540. The number of alkyl halides is 2. The Morgan fingerprint density at radius 3 is 2.73 bits per heavy atom. The molecule has 1 rings (SSSR count). The average molecular weight is 280 g/mol. The van der Waals surface area contributed by atoms with Gasteiger partial charge in [-0.3, -0.25) is 0 Å². The van der Waals surface area contributed by atoms with Gasteiger partial charge in [0.15, 0.2) is 0 Å². The second-order valence-corrected chi connectivity index (χ2v) is 3.05. The van der Waals surface area contributed by atoms with Gasteiger partial charge in [0.1, 0.15) is 11.3 Å². The monoisotopic (exact) mass is 278 g/mol. The predicted molar refractivity (Wildman–Crippen MR) is 53.5 cm³/mol. The highest BCUT2D eigenvalue weighted by atomic mass is 79.9. The maximum absolute atomic E-state index is 5.24. The number of rotatable bonds is 3. The van der Waals surface area contributed by atoms with Crippen molar-refractivity contribution in [3.63, 3.8) is 0 Å². The molecule has 0 aliphatic rings. The summed E-state index contributed by atoms with van der Waals surface area (Å²) in [6.07, 6.45) is 0. The second-order valence-electron chi connectivity index (χ2n) is 2.03. The molecule has 0 atom stereocenters. The Kier molecular flexibility index (Phi) is 3.94. The fourth-order valence-corrected chi connectivity index (χ4v) is 1.39. The van der Waals surface area contributed by atoms with Gasteiger partial charge in [0.2, 0.25) is 0 Å². The highest BCUT2D eigenvalue weighted by molar-refractivity contribution is 9.09. The molecule has 0 aliphatic heterocycles. The summed E-state index contributed by atoms with van der Waals surface area (Å²) in [5, 5.41) is 0.868. The minimum absolute atomic E-state index is 0.540. The van der Waals surface area contributed by atoms with E-state index in [1.54, 1.807) is 0 Å². The van der Waals surface area contributed by atoms with E-state index in [4.69, 9.17) is 4.74 Å². The van der Waals surface area contributed by atoms with Gasteiger partial charge in [0.05, 0.1) is 0 Å². The molecule has 0 saturated carbocycles. The number of halogens is 2. The highest BCUT2D eigenvalue weighted by Crippen LogP contribution is 2.15. The van der Waals surface area contributed by atoms with Gasteiger partial charge in [-0.15, -0.1) is 0 Å². The zero-order valence-electron chi connectivity index (χ0n) is 5.89. The first-order valence-electron chi connectivity index (χ1n) is 3.20. The maximum Gasteiger partial charge on any atom is 0.143 e. The van der Waals surface area contributed by atoms with Crippen molar-refractivity contribution in [2.45, 2.75) is 5.33 Å². The van der Waals surface area contributed by atoms with Crippen LogP contribution < -0.4 is 4.74 Å². The van der Waals surface area contributed by atoms with Crippen molar-refractivity contribution in [2.24, 2.45) is 0 Å². The topological polar surface area (TPSA) is 9.23 Å². The van der Waals surface area contributed by atoms with E-state index < -0.39 is 0 Å². The molecule has 1 nitrogen and oxygen atoms in total. The SMILES string of the molecule is BrCOc1cccc(CBr)c1. The Labute approximate surface area is 83.0 Å². The van der Waals surface area contributed by atoms with Crippen LogP contribution in [0.2, 0.25) is 0 Å². The quantitative estimate of drug-likeness (QED) is 0.772. The fourth-order valence-electron chi connectivity index (χ4n) is 0.781. The molecule has 0 radical (unpaired) electrons. The van der Waals surface area contributed by atoms with Crippen LogP contribution in [0.3, 0.4) is 0 Å². The summed E-state index contributed by atoms with van der Waals surface area (Å²) >= 11 is 6.57. The lowest BCUT2D eigenvalue weighted by molar-refractivity contribution is 0.397. The lowest BCUT2D eigenvalue weighted by Crippen LogP contribution is -1.88. The van der Waals surface area contributed by atoms with Crippen LogP contribution in [0.5, 0.6) is 5.75 Å². The number of ether oxygens (including phenoxy) is 1. The van der Waals surface area contributed by atoms with Gasteiger partial charge in [0.25, 0.3) is 0 Å². The van der Waals surface area contributed by atoms with Crippen molar-refractivity contribution in [2.75, 3.05) is 5.52 Å². The van der Waals surface area contributed by atoms with Crippen LogP contribution in [-0.2, 0) is 5.33 Å². The summed E-state index contributed by atoms with van der Waals surface area (Å²) in [7, 11) is 0. The van der Waals surface area contributed by atoms with E-state index in [2.05, 4.69) is 37.9 Å². The first-order valence-corrected chi connectivity index (χ1v) is 5.45. The Hall–Kier alpha value is -0.0200. The predicted octanol–water partition coefficient (Wildman–Crippen LogP) is 3.31. The summed E-state index contributed by atoms with van der Waals surface area (Å²) in [5.41, 5.74) is 1.77. The third kappa shape index (κ3) is 2.83. The van der Waals surface area contributed by atoms with Crippen LogP contribution in [-0.4, -0.2) is 5.52 Å². The molecule has 0 unspecified atom stereocenters. The van der Waals surface area contributed by atoms with Gasteiger partial charge >= 0.3 is 0 Å². The van der Waals surface area contributed by atoms with E-state index in [0.29, 0.717) is 5.52 Å². The van der Waals surface area contributed by atoms with Crippen molar-refractivity contribution in [1.82, 2.24) is 0 Å². The van der Waals surface area contributed by atoms with Gasteiger partial charge in [-0.1, -0.05) is 28.1 Å². The van der Waals surface area contributed by atoms with Gasteiger partial charge in [-0.05, 0) is 33.6 Å². The summed E-state index contributed by atoms with van der Waals surface area (Å²) in [6.45, 7) is 0. The molecule has 1 aromatic rings. The molecule has 1 aromatic carbocycles. The second kappa shape index (κ2) is 4.78. The zero-order valence-corrected chi connectivity index (χ0v) is 9.06. The molecule has 3 heteroatoms. The number of hydrogen-bond acceptors (Lipinski definition) is 1. The zero-order chi connectivity index (χ0) is 8.10. The number of hydrogen-bond donors (Lipinski definition) is 0. The lowest BCUT2D eigenvalue weighted by atomic mass is 10.2. The molecule has 0 N–H and O–H groups in total. The molecule has 0 fully saturated rings. The van der Waals surface area contributed by atoms with Crippen molar-refractivity contribution in [1.29, 1.82) is 0 Å². The van der Waals surface area contributed by atoms with E-state index in [9.17, 15) is 0 Å². The van der Waals surface area contributed by atoms with Gasteiger partial charge < -0.3 is 4.74 Å². The van der Waals surface area contributed by atoms with E-state index in [-0.39, 0.29) is 0 Å². The molecular weight excluding hydrogens is 272 g/mol. The average Bonchev–Trinajstić information content (AvgIpc) is 2.06. The van der Waals surface area contributed by atoms with Crippen molar-refractivity contribution in [3.05, 3.63) is 29.8 Å². The molecule has 0 amide bonds. The number of benzene rings is 1. The minimum Gasteiger partial charge on any atom is -0.482 e. The van der Waals surface area contributed by atoms with Crippen LogP contribution >= 0.6 is 31.9 Å². The summed E-state index contributed by atoms with van der Waals surface area (Å²) in [6, 6.07) is 7.98. The van der Waals surface area contributed by atoms with E-state index in [1.165, 1.54) is 5.56 Å². The first kappa shape index (κ1) is 9.07. The summed E-state index contributed by atoms with van der Waals surface area (Å²) in [5.74, 6) is 0.902. The highest BCUT2D eigenvalue weighted by Gasteiger charge is 1.93. The van der Waals surface area contributed by atoms with Gasteiger partial charge in [0, 0.05) is 5.33 Å². The van der Waals surface area contributed by atoms with Crippen LogP contribution in [0.1, 0.15) is 5.56 Å². The van der Waals surface area contributed by atoms with Crippen LogP contribution in [0.25, 0.3) is 0 Å². The molecular formula is C8H8Br2O. The standard InChI is InChI=1S/C8H8Br2O/c9-5-7-2-1-3-8(4-7)11-6-10/h1-4H,5-6H2. The van der Waals surface area contributed by atoms with Crippen molar-refractivity contribution in [3.8, 4) is 5.75 Å². The normalized spacial score (nSPS) is 9.64. The Balaban J connectivity index is 2.74. The van der Waals surface area contributed by atoms with Gasteiger partial charge in [-0.2, -0.15) is 0 Å². The Morgan fingerprint density at radius 1 is 1.27 bits per heavy atom. The molecule has 0 heterocycles. The smallest absolute Gasteiger partial charge is 0.143 e. The maximum atomic E-state index is 5.24. The van der Waals surface area contributed by atoms with E-state index >= 15 is 0 Å². The Morgan fingerprint density at radius 2 is 2.09 bits per heavy atom. The molecule has 60 valence electrons. The Bertz CT molecular complexity index is 225. The molecule has 0 aliphatic carbocycles. The third-order valence-electron chi connectivity index (χ3n) is 1.27. The summed E-state index contributed by atoms with van der Waals surface area (Å²) < 4.78 is 5.24. The van der Waals surface area contributed by atoms with E-state index in [1.807, 2.05) is 18.2 Å². The fraction of sp³-hybridized carbons (Fsp3) is 0.250.